The second-order valence-corrected chi connectivity index (χ2v) is 5.75. The molecule has 1 aromatic rings. The van der Waals surface area contributed by atoms with E-state index in [-0.39, 0.29) is 18.7 Å². The van der Waals surface area contributed by atoms with Crippen molar-refractivity contribution in [1.82, 2.24) is 10.6 Å². The number of benzene rings is 1. The maximum atomic E-state index is 11.9. The van der Waals surface area contributed by atoms with Crippen LogP contribution in [0.25, 0.3) is 0 Å². The predicted octanol–water partition coefficient (Wildman–Crippen LogP) is 1.96. The lowest BCUT2D eigenvalue weighted by molar-refractivity contribution is 0.218. The zero-order valence-electron chi connectivity index (χ0n) is 13.4. The molecule has 118 valence electrons. The molecule has 3 N–H and O–H groups in total. The zero-order chi connectivity index (χ0) is 15.8. The summed E-state index contributed by atoms with van der Waals surface area (Å²) in [4.78, 5) is 13.9. The third-order valence-corrected chi connectivity index (χ3v) is 3.44. The molecule has 1 atom stereocenters. The smallest absolute Gasteiger partial charge is 0.315 e. The van der Waals surface area contributed by atoms with E-state index in [1.807, 2.05) is 57.1 Å². The highest BCUT2D eigenvalue weighted by atomic mass is 16.3. The summed E-state index contributed by atoms with van der Waals surface area (Å²) in [6.07, 6.45) is 0.571. The van der Waals surface area contributed by atoms with E-state index in [2.05, 4.69) is 10.6 Å². The van der Waals surface area contributed by atoms with Gasteiger partial charge in [0.2, 0.25) is 0 Å². The maximum absolute atomic E-state index is 11.9. The van der Waals surface area contributed by atoms with Crippen molar-refractivity contribution in [2.75, 3.05) is 25.6 Å². The second kappa shape index (κ2) is 8.52. The molecule has 0 bridgehead atoms. The molecule has 5 nitrogen and oxygen atoms in total. The van der Waals surface area contributed by atoms with Crippen molar-refractivity contribution < 1.29 is 9.90 Å². The van der Waals surface area contributed by atoms with Gasteiger partial charge in [-0.1, -0.05) is 26.0 Å². The summed E-state index contributed by atoms with van der Waals surface area (Å²) in [5.41, 5.74) is 2.16. The average Bonchev–Trinajstić information content (AvgIpc) is 2.45. The molecular weight excluding hydrogens is 266 g/mol. The number of aliphatic hydroxyl groups excluding tert-OH is 1. The van der Waals surface area contributed by atoms with Crippen molar-refractivity contribution in [2.24, 2.45) is 5.92 Å². The second-order valence-electron chi connectivity index (χ2n) is 5.75. The molecule has 0 radical (unpaired) electrons. The van der Waals surface area contributed by atoms with Gasteiger partial charge in [0.05, 0.1) is 0 Å². The first-order valence-corrected chi connectivity index (χ1v) is 7.35. The van der Waals surface area contributed by atoms with Crippen LogP contribution >= 0.6 is 0 Å². The number of carbonyl (C=O) groups is 1. The van der Waals surface area contributed by atoms with Crippen molar-refractivity contribution in [1.29, 1.82) is 0 Å². The number of urea groups is 1. The number of hydrogen-bond acceptors (Lipinski definition) is 3. The first-order chi connectivity index (χ1) is 9.93. The topological polar surface area (TPSA) is 64.6 Å². The molecule has 0 aliphatic heterocycles. The number of hydrogen-bond donors (Lipinski definition) is 3. The number of anilines is 1. The molecule has 21 heavy (non-hydrogen) atoms. The van der Waals surface area contributed by atoms with E-state index in [0.29, 0.717) is 18.9 Å². The van der Waals surface area contributed by atoms with E-state index in [1.165, 1.54) is 0 Å². The van der Waals surface area contributed by atoms with Crippen LogP contribution in [0.2, 0.25) is 0 Å². The summed E-state index contributed by atoms with van der Waals surface area (Å²) in [6.45, 7) is 4.62. The monoisotopic (exact) mass is 293 g/mol. The lowest BCUT2D eigenvalue weighted by Crippen LogP contribution is -2.44. The van der Waals surface area contributed by atoms with Crippen LogP contribution in [-0.2, 0) is 6.54 Å². The van der Waals surface area contributed by atoms with E-state index in [0.717, 1.165) is 11.3 Å². The van der Waals surface area contributed by atoms with E-state index < -0.39 is 0 Å². The van der Waals surface area contributed by atoms with Crippen molar-refractivity contribution in [3.8, 4) is 0 Å². The first kappa shape index (κ1) is 17.3. The van der Waals surface area contributed by atoms with Crippen LogP contribution in [0.15, 0.2) is 24.3 Å². The largest absolute Gasteiger partial charge is 0.396 e. The molecule has 0 spiro atoms. The summed E-state index contributed by atoms with van der Waals surface area (Å²) in [6, 6.07) is 7.84. The van der Waals surface area contributed by atoms with Gasteiger partial charge in [-0.2, -0.15) is 0 Å². The minimum atomic E-state index is -0.197. The molecule has 0 aliphatic rings. The summed E-state index contributed by atoms with van der Waals surface area (Å²) in [5, 5.41) is 14.8. The van der Waals surface area contributed by atoms with Crippen molar-refractivity contribution >= 4 is 11.7 Å². The van der Waals surface area contributed by atoms with E-state index >= 15 is 0 Å². The van der Waals surface area contributed by atoms with Gasteiger partial charge in [-0.15, -0.1) is 0 Å². The standard InChI is InChI=1S/C16H27N3O2/c1-12(2)15(8-9-20)18-16(21)17-11-13-6-5-7-14(10-13)19(3)4/h5-7,10,12,15,20H,8-9,11H2,1-4H3,(H2,17,18,21). The molecule has 2 amide bonds. The van der Waals surface area contributed by atoms with Crippen molar-refractivity contribution in [3.05, 3.63) is 29.8 Å². The molecule has 0 fully saturated rings. The SMILES string of the molecule is CC(C)C(CCO)NC(=O)NCc1cccc(N(C)C)c1. The Balaban J connectivity index is 2.50. The van der Waals surface area contributed by atoms with Crippen molar-refractivity contribution in [2.45, 2.75) is 32.9 Å². The Morgan fingerprint density at radius 3 is 2.62 bits per heavy atom. The average molecular weight is 293 g/mol. The van der Waals surface area contributed by atoms with Crippen LogP contribution in [0.4, 0.5) is 10.5 Å². The number of amides is 2. The Morgan fingerprint density at radius 2 is 2.05 bits per heavy atom. The van der Waals surface area contributed by atoms with Gasteiger partial charge in [-0.3, -0.25) is 0 Å². The Hall–Kier alpha value is -1.75. The van der Waals surface area contributed by atoms with Gasteiger partial charge in [0.25, 0.3) is 0 Å². The van der Waals surface area contributed by atoms with E-state index in [4.69, 9.17) is 5.11 Å². The summed E-state index contributed by atoms with van der Waals surface area (Å²) in [7, 11) is 3.97. The minimum absolute atomic E-state index is 0.0110. The minimum Gasteiger partial charge on any atom is -0.396 e. The van der Waals surface area contributed by atoms with Gasteiger partial charge in [-0.05, 0) is 30.0 Å². The third-order valence-electron chi connectivity index (χ3n) is 3.44. The van der Waals surface area contributed by atoms with Gasteiger partial charge in [0.1, 0.15) is 0 Å². The fraction of sp³-hybridized carbons (Fsp3) is 0.562. The fourth-order valence-electron chi connectivity index (χ4n) is 2.06. The molecule has 0 aromatic heterocycles. The number of nitrogens with one attached hydrogen (secondary N) is 2. The lowest BCUT2D eigenvalue weighted by Gasteiger charge is -2.21. The fourth-order valence-corrected chi connectivity index (χ4v) is 2.06. The maximum Gasteiger partial charge on any atom is 0.315 e. The molecule has 0 saturated carbocycles. The third kappa shape index (κ3) is 6.04. The first-order valence-electron chi connectivity index (χ1n) is 7.35. The van der Waals surface area contributed by atoms with E-state index in [1.54, 1.807) is 0 Å². The van der Waals surface area contributed by atoms with E-state index in [9.17, 15) is 4.79 Å². The van der Waals surface area contributed by atoms with Gasteiger partial charge in [0, 0.05) is 39.0 Å². The van der Waals surface area contributed by atoms with Crippen LogP contribution in [0.3, 0.4) is 0 Å². The normalized spacial score (nSPS) is 12.1. The molecule has 0 aliphatic carbocycles. The summed E-state index contributed by atoms with van der Waals surface area (Å²) in [5.74, 6) is 0.292. The number of nitrogens with zero attached hydrogens (tertiary/aromatic N) is 1. The highest BCUT2D eigenvalue weighted by Gasteiger charge is 2.15. The highest BCUT2D eigenvalue weighted by molar-refractivity contribution is 5.74. The molecule has 1 unspecified atom stereocenters. The van der Waals surface area contributed by atoms with Crippen molar-refractivity contribution in [3.63, 3.8) is 0 Å². The van der Waals surface area contributed by atoms with Gasteiger partial charge in [0.15, 0.2) is 0 Å². The summed E-state index contributed by atoms with van der Waals surface area (Å²) >= 11 is 0. The Morgan fingerprint density at radius 1 is 1.33 bits per heavy atom. The van der Waals surface area contributed by atoms with Crippen LogP contribution in [-0.4, -0.2) is 37.9 Å². The van der Waals surface area contributed by atoms with Gasteiger partial charge < -0.3 is 20.6 Å². The Bertz CT molecular complexity index is 447. The molecule has 0 heterocycles. The summed E-state index contributed by atoms with van der Waals surface area (Å²) < 4.78 is 0. The molecule has 5 heteroatoms. The molecule has 0 saturated heterocycles. The predicted molar refractivity (Wildman–Crippen MR) is 86.5 cm³/mol. The van der Waals surface area contributed by atoms with Crippen LogP contribution in [0, 0.1) is 5.92 Å². The quantitative estimate of drug-likeness (QED) is 0.720. The number of rotatable bonds is 7. The lowest BCUT2D eigenvalue weighted by atomic mass is 10.0. The van der Waals surface area contributed by atoms with Crippen LogP contribution < -0.4 is 15.5 Å². The number of carbonyl (C=O) groups excluding carboxylic acids is 1. The number of aliphatic hydroxyl groups is 1. The van der Waals surface area contributed by atoms with Crippen LogP contribution in [0.5, 0.6) is 0 Å². The molecule has 1 aromatic carbocycles. The Labute approximate surface area is 127 Å². The molecule has 1 rings (SSSR count). The Kier molecular flexibility index (Phi) is 7.02. The highest BCUT2D eigenvalue weighted by Crippen LogP contribution is 2.13. The zero-order valence-corrected chi connectivity index (χ0v) is 13.4. The van der Waals surface area contributed by atoms with Gasteiger partial charge >= 0.3 is 6.03 Å². The molecular formula is C16H27N3O2. The van der Waals surface area contributed by atoms with Crippen LogP contribution in [0.1, 0.15) is 25.8 Å². The van der Waals surface area contributed by atoms with Gasteiger partial charge in [-0.25, -0.2) is 4.79 Å².